The largest absolute Gasteiger partial charge is 0.398 e. The summed E-state index contributed by atoms with van der Waals surface area (Å²) in [6.07, 6.45) is 0. The normalized spacial score (nSPS) is 11.0. The van der Waals surface area contributed by atoms with E-state index in [-0.39, 0.29) is 5.82 Å². The Bertz CT molecular complexity index is 739. The van der Waals surface area contributed by atoms with Gasteiger partial charge in [0.2, 0.25) is 0 Å². The number of thiazole rings is 1. The molecule has 0 aliphatic carbocycles. The van der Waals surface area contributed by atoms with E-state index in [4.69, 9.17) is 5.73 Å². The van der Waals surface area contributed by atoms with Crippen LogP contribution in [-0.2, 0) is 0 Å². The molecule has 3 aromatic rings. The van der Waals surface area contributed by atoms with Crippen LogP contribution in [0.15, 0.2) is 36.4 Å². The number of anilines is 1. The Balaban J connectivity index is 2.16. The first-order chi connectivity index (χ1) is 8.63. The van der Waals surface area contributed by atoms with Crippen LogP contribution in [0.2, 0.25) is 0 Å². The number of halogens is 2. The topological polar surface area (TPSA) is 38.9 Å². The quantitative estimate of drug-likeness (QED) is 0.513. The van der Waals surface area contributed by atoms with E-state index in [0.29, 0.717) is 5.52 Å². The van der Waals surface area contributed by atoms with E-state index < -0.39 is 0 Å². The fourth-order valence-electron chi connectivity index (χ4n) is 1.68. The van der Waals surface area contributed by atoms with Gasteiger partial charge < -0.3 is 5.73 Å². The fourth-order valence-corrected chi connectivity index (χ4v) is 3.14. The number of hydrogen-bond donors (Lipinski definition) is 1. The minimum Gasteiger partial charge on any atom is -0.398 e. The van der Waals surface area contributed by atoms with Crippen molar-refractivity contribution in [1.29, 1.82) is 0 Å². The zero-order valence-corrected chi connectivity index (χ0v) is 12.1. The van der Waals surface area contributed by atoms with Crippen molar-refractivity contribution in [2.24, 2.45) is 0 Å². The average molecular weight is 370 g/mol. The molecule has 1 aromatic heterocycles. The highest BCUT2D eigenvalue weighted by Gasteiger charge is 2.08. The molecule has 0 unspecified atom stereocenters. The first-order valence-corrected chi connectivity index (χ1v) is 7.14. The Kier molecular flexibility index (Phi) is 2.95. The van der Waals surface area contributed by atoms with Crippen molar-refractivity contribution >= 4 is 49.8 Å². The highest BCUT2D eigenvalue weighted by atomic mass is 127. The third-order valence-electron chi connectivity index (χ3n) is 2.60. The van der Waals surface area contributed by atoms with Crippen molar-refractivity contribution in [2.45, 2.75) is 0 Å². The molecule has 5 heteroatoms. The summed E-state index contributed by atoms with van der Waals surface area (Å²) in [5, 5.41) is 0.883. The van der Waals surface area contributed by atoms with Crippen LogP contribution in [0.4, 0.5) is 10.1 Å². The lowest BCUT2D eigenvalue weighted by Crippen LogP contribution is -1.88. The van der Waals surface area contributed by atoms with E-state index in [1.54, 1.807) is 17.4 Å². The molecular formula is C13H8FIN2S. The molecule has 0 spiro atoms. The number of nitrogens with zero attached hydrogens (tertiary/aromatic N) is 1. The molecule has 0 saturated carbocycles. The molecule has 0 bridgehead atoms. The van der Waals surface area contributed by atoms with Gasteiger partial charge in [0.15, 0.2) is 0 Å². The van der Waals surface area contributed by atoms with Gasteiger partial charge in [-0.15, -0.1) is 11.3 Å². The molecule has 0 aliphatic rings. The molecule has 90 valence electrons. The first-order valence-electron chi connectivity index (χ1n) is 5.25. The number of nitrogens with two attached hydrogens (primary N) is 1. The SMILES string of the molecule is Nc1ccc(-c2nc3cc(F)ccc3s2)cc1I. The summed E-state index contributed by atoms with van der Waals surface area (Å²) < 4.78 is 15.1. The maximum atomic E-state index is 13.1. The Hall–Kier alpha value is -1.21. The molecule has 0 aliphatic heterocycles. The summed E-state index contributed by atoms with van der Waals surface area (Å²) in [4.78, 5) is 4.45. The predicted molar refractivity (Wildman–Crippen MR) is 82.1 cm³/mol. The van der Waals surface area contributed by atoms with Crippen LogP contribution in [0.25, 0.3) is 20.8 Å². The minimum atomic E-state index is -0.258. The molecule has 2 aromatic carbocycles. The number of aromatic nitrogens is 1. The van der Waals surface area contributed by atoms with Crippen molar-refractivity contribution in [1.82, 2.24) is 4.98 Å². The zero-order valence-electron chi connectivity index (χ0n) is 9.15. The van der Waals surface area contributed by atoms with Crippen molar-refractivity contribution < 1.29 is 4.39 Å². The highest BCUT2D eigenvalue weighted by molar-refractivity contribution is 14.1. The second-order valence-corrected chi connectivity index (χ2v) is 6.06. The summed E-state index contributed by atoms with van der Waals surface area (Å²) in [7, 11) is 0. The van der Waals surface area contributed by atoms with E-state index in [1.165, 1.54) is 12.1 Å². The van der Waals surface area contributed by atoms with Crippen LogP contribution in [0.3, 0.4) is 0 Å². The molecular weight excluding hydrogens is 362 g/mol. The number of nitrogen functional groups attached to an aromatic ring is 1. The lowest BCUT2D eigenvalue weighted by Gasteiger charge is -2.00. The van der Waals surface area contributed by atoms with Gasteiger partial charge in [-0.25, -0.2) is 9.37 Å². The fraction of sp³-hybridized carbons (Fsp3) is 0. The summed E-state index contributed by atoms with van der Waals surface area (Å²) in [5.74, 6) is -0.258. The molecule has 0 atom stereocenters. The van der Waals surface area contributed by atoms with Gasteiger partial charge >= 0.3 is 0 Å². The molecule has 3 rings (SSSR count). The van der Waals surface area contributed by atoms with Crippen LogP contribution < -0.4 is 5.73 Å². The number of fused-ring (bicyclic) bond motifs is 1. The van der Waals surface area contributed by atoms with Gasteiger partial charge in [-0.3, -0.25) is 0 Å². The summed E-state index contributed by atoms with van der Waals surface area (Å²) in [6.45, 7) is 0. The number of hydrogen-bond acceptors (Lipinski definition) is 3. The zero-order chi connectivity index (χ0) is 12.7. The second kappa shape index (κ2) is 4.47. The van der Waals surface area contributed by atoms with Gasteiger partial charge in [0.25, 0.3) is 0 Å². The predicted octanol–water partition coefficient (Wildman–Crippen LogP) is 4.29. The summed E-state index contributed by atoms with van der Waals surface area (Å²) in [5.41, 5.74) is 8.25. The van der Waals surface area contributed by atoms with E-state index in [0.717, 1.165) is 24.5 Å². The van der Waals surface area contributed by atoms with E-state index >= 15 is 0 Å². The van der Waals surface area contributed by atoms with Crippen LogP contribution >= 0.6 is 33.9 Å². The van der Waals surface area contributed by atoms with Crippen LogP contribution in [0.1, 0.15) is 0 Å². The van der Waals surface area contributed by atoms with E-state index in [1.807, 2.05) is 18.2 Å². The third kappa shape index (κ3) is 2.08. The highest BCUT2D eigenvalue weighted by Crippen LogP contribution is 2.32. The number of rotatable bonds is 1. The summed E-state index contributed by atoms with van der Waals surface area (Å²) >= 11 is 3.74. The van der Waals surface area contributed by atoms with Gasteiger partial charge in [-0.05, 0) is 52.9 Å². The minimum absolute atomic E-state index is 0.258. The monoisotopic (exact) mass is 370 g/mol. The Morgan fingerprint density at radius 1 is 1.17 bits per heavy atom. The molecule has 2 N–H and O–H groups in total. The standard InChI is InChI=1S/C13H8FIN2S/c14-8-2-4-12-11(6-8)17-13(18-12)7-1-3-10(16)9(15)5-7/h1-6H,16H2. The molecule has 0 fully saturated rings. The average Bonchev–Trinajstić information content (AvgIpc) is 2.75. The van der Waals surface area contributed by atoms with Crippen molar-refractivity contribution in [3.05, 3.63) is 45.8 Å². The Labute approximate surface area is 121 Å². The third-order valence-corrected chi connectivity index (χ3v) is 4.62. The number of benzene rings is 2. The lowest BCUT2D eigenvalue weighted by atomic mass is 10.2. The lowest BCUT2D eigenvalue weighted by molar-refractivity contribution is 0.629. The van der Waals surface area contributed by atoms with Gasteiger partial charge in [-0.1, -0.05) is 0 Å². The van der Waals surface area contributed by atoms with Gasteiger partial charge in [0.1, 0.15) is 10.8 Å². The van der Waals surface area contributed by atoms with Gasteiger partial charge in [-0.2, -0.15) is 0 Å². The maximum absolute atomic E-state index is 13.1. The Morgan fingerprint density at radius 3 is 2.78 bits per heavy atom. The van der Waals surface area contributed by atoms with Gasteiger partial charge in [0, 0.05) is 20.9 Å². The Morgan fingerprint density at radius 2 is 2.00 bits per heavy atom. The van der Waals surface area contributed by atoms with E-state index in [9.17, 15) is 4.39 Å². The molecule has 18 heavy (non-hydrogen) atoms. The van der Waals surface area contributed by atoms with Crippen LogP contribution in [0, 0.1) is 9.39 Å². The first kappa shape index (κ1) is 11.9. The molecule has 1 heterocycles. The summed E-state index contributed by atoms with van der Waals surface area (Å²) in [6, 6.07) is 10.5. The van der Waals surface area contributed by atoms with Crippen molar-refractivity contribution in [2.75, 3.05) is 5.73 Å². The van der Waals surface area contributed by atoms with E-state index in [2.05, 4.69) is 27.6 Å². The molecule has 0 amide bonds. The molecule has 0 saturated heterocycles. The van der Waals surface area contributed by atoms with Crippen molar-refractivity contribution in [3.63, 3.8) is 0 Å². The van der Waals surface area contributed by atoms with Crippen LogP contribution in [-0.4, -0.2) is 4.98 Å². The molecule has 2 nitrogen and oxygen atoms in total. The maximum Gasteiger partial charge on any atom is 0.125 e. The molecule has 0 radical (unpaired) electrons. The van der Waals surface area contributed by atoms with Crippen molar-refractivity contribution in [3.8, 4) is 10.6 Å². The second-order valence-electron chi connectivity index (χ2n) is 3.87. The van der Waals surface area contributed by atoms with Gasteiger partial charge in [0.05, 0.1) is 10.2 Å². The van der Waals surface area contributed by atoms with Crippen LogP contribution in [0.5, 0.6) is 0 Å². The smallest absolute Gasteiger partial charge is 0.125 e.